The number of nitrogens with one attached hydrogen (secondary N) is 1. The first-order valence-corrected chi connectivity index (χ1v) is 16.6. The third kappa shape index (κ3) is 8.46. The van der Waals surface area contributed by atoms with Crippen LogP contribution in [0.4, 0.5) is 11.6 Å². The van der Waals surface area contributed by atoms with Gasteiger partial charge in [0.15, 0.2) is 17.9 Å². The van der Waals surface area contributed by atoms with Crippen molar-refractivity contribution >= 4 is 36.8 Å². The van der Waals surface area contributed by atoms with E-state index in [1.807, 2.05) is 30.0 Å². The van der Waals surface area contributed by atoms with Crippen molar-refractivity contribution in [2.75, 3.05) is 49.5 Å². The minimum atomic E-state index is -0.604. The number of aryl methyl sites for hydroxylation is 1. The van der Waals surface area contributed by atoms with E-state index in [-0.39, 0.29) is 31.6 Å². The van der Waals surface area contributed by atoms with Crippen LogP contribution >= 0.6 is 13.5 Å². The Balaban J connectivity index is 0.00000433. The number of carbonyl (C=O) groups is 2. The largest absolute Gasteiger partial charge is 0.485 e. The van der Waals surface area contributed by atoms with Crippen LogP contribution < -0.4 is 15.0 Å². The monoisotopic (exact) mass is 664 g/mol. The summed E-state index contributed by atoms with van der Waals surface area (Å²) >= 11 is 0. The summed E-state index contributed by atoms with van der Waals surface area (Å²) in [5.74, 6) is 3.17. The van der Waals surface area contributed by atoms with Crippen molar-refractivity contribution in [3.8, 4) is 5.75 Å². The molecule has 3 aromatic rings. The average molecular weight is 665 g/mol. The highest BCUT2D eigenvalue weighted by Gasteiger charge is 2.25. The fourth-order valence-corrected chi connectivity index (χ4v) is 6.55. The molecule has 2 fully saturated rings. The zero-order valence-electron chi connectivity index (χ0n) is 27.8. The summed E-state index contributed by atoms with van der Waals surface area (Å²) in [4.78, 5) is 40.5. The summed E-state index contributed by atoms with van der Waals surface area (Å²) < 4.78 is 11.5. The number of rotatable bonds is 12. The van der Waals surface area contributed by atoms with E-state index < -0.39 is 6.10 Å². The number of aromatic nitrogens is 2. The van der Waals surface area contributed by atoms with E-state index in [9.17, 15) is 14.7 Å². The predicted molar refractivity (Wildman–Crippen MR) is 186 cm³/mol. The number of pyridine rings is 1. The minimum Gasteiger partial charge on any atom is -0.485 e. The molecule has 1 amide bonds. The van der Waals surface area contributed by atoms with Crippen molar-refractivity contribution < 1.29 is 23.8 Å². The number of ketones is 1. The van der Waals surface area contributed by atoms with Gasteiger partial charge in [-0.15, -0.1) is 0 Å². The van der Waals surface area contributed by atoms with Gasteiger partial charge in [0.25, 0.3) is 0 Å². The number of hydrogen-bond donors (Lipinski definition) is 2. The number of aliphatic hydroxyl groups is 1. The molecular weight excluding hydrogens is 616 g/mol. The van der Waals surface area contributed by atoms with E-state index in [4.69, 9.17) is 14.1 Å². The molecule has 0 radical (unpaired) electrons. The van der Waals surface area contributed by atoms with E-state index in [1.165, 1.54) is 23.9 Å². The first kappa shape index (κ1) is 34.7. The SMILES string of the molecule is CC(=O)N1CCN(c2cc(C(=O)CC[C@H](O)CN3CCc4c(ccc(OCc5ocnc5C)c4C)C3)cc(NC3CCC3)n2)CC1.S. The second-order valence-electron chi connectivity index (χ2n) is 12.9. The van der Waals surface area contributed by atoms with Crippen molar-refractivity contribution in [3.05, 3.63) is 64.4 Å². The topological polar surface area (TPSA) is 124 Å². The number of benzene rings is 1. The molecule has 1 aliphatic carbocycles. The maximum absolute atomic E-state index is 13.4. The first-order chi connectivity index (χ1) is 22.2. The highest BCUT2D eigenvalue weighted by Crippen LogP contribution is 2.31. The normalized spacial score (nSPS) is 17.4. The quantitative estimate of drug-likeness (QED) is 0.270. The second kappa shape index (κ2) is 15.5. The molecule has 0 unspecified atom stereocenters. The third-order valence-electron chi connectivity index (χ3n) is 9.73. The van der Waals surface area contributed by atoms with Gasteiger partial charge in [-0.1, -0.05) is 6.07 Å². The lowest BCUT2D eigenvalue weighted by molar-refractivity contribution is -0.129. The summed E-state index contributed by atoms with van der Waals surface area (Å²) in [5, 5.41) is 14.5. The Morgan fingerprint density at radius 3 is 2.60 bits per heavy atom. The van der Waals surface area contributed by atoms with Crippen LogP contribution in [0.25, 0.3) is 0 Å². The van der Waals surface area contributed by atoms with Crippen molar-refractivity contribution in [2.45, 2.75) is 84.6 Å². The highest BCUT2D eigenvalue weighted by atomic mass is 32.1. The third-order valence-corrected chi connectivity index (χ3v) is 9.73. The maximum atomic E-state index is 13.4. The molecule has 1 saturated carbocycles. The molecule has 6 rings (SSSR count). The molecule has 2 N–H and O–H groups in total. The molecular formula is C35H48N6O5S. The van der Waals surface area contributed by atoms with E-state index in [0.717, 1.165) is 66.8 Å². The van der Waals surface area contributed by atoms with Crippen molar-refractivity contribution in [1.29, 1.82) is 0 Å². The van der Waals surface area contributed by atoms with Gasteiger partial charge in [-0.2, -0.15) is 13.5 Å². The smallest absolute Gasteiger partial charge is 0.219 e. The van der Waals surface area contributed by atoms with Gasteiger partial charge in [-0.3, -0.25) is 14.5 Å². The molecule has 47 heavy (non-hydrogen) atoms. The van der Waals surface area contributed by atoms with E-state index in [1.54, 1.807) is 6.92 Å². The summed E-state index contributed by atoms with van der Waals surface area (Å²) in [6.07, 6.45) is 5.80. The summed E-state index contributed by atoms with van der Waals surface area (Å²) in [6.45, 7) is 10.7. The average Bonchev–Trinajstić information content (AvgIpc) is 3.45. The van der Waals surface area contributed by atoms with Gasteiger partial charge in [-0.05, 0) is 80.8 Å². The number of fused-ring (bicyclic) bond motifs is 1. The zero-order valence-corrected chi connectivity index (χ0v) is 28.8. The fraction of sp³-hybridized carbons (Fsp3) is 0.543. The molecule has 11 nitrogen and oxygen atoms in total. The van der Waals surface area contributed by atoms with Gasteiger partial charge < -0.3 is 29.4 Å². The number of nitrogens with zero attached hydrogens (tertiary/aromatic N) is 5. The van der Waals surface area contributed by atoms with Crippen molar-refractivity contribution in [3.63, 3.8) is 0 Å². The van der Waals surface area contributed by atoms with Crippen LogP contribution in [0, 0.1) is 13.8 Å². The van der Waals surface area contributed by atoms with E-state index in [0.29, 0.717) is 57.4 Å². The second-order valence-corrected chi connectivity index (χ2v) is 12.9. The number of anilines is 2. The molecule has 1 atom stereocenters. The Kier molecular flexibility index (Phi) is 11.5. The summed E-state index contributed by atoms with van der Waals surface area (Å²) in [5.41, 5.74) is 5.14. The number of Topliss-reactive ketones (excluding diaryl/α,β-unsaturated/α-hetero) is 1. The van der Waals surface area contributed by atoms with Gasteiger partial charge in [0.05, 0.1) is 11.8 Å². The van der Waals surface area contributed by atoms with Crippen molar-refractivity contribution in [1.82, 2.24) is 19.8 Å². The zero-order chi connectivity index (χ0) is 32.2. The molecule has 1 aromatic carbocycles. The first-order valence-electron chi connectivity index (χ1n) is 16.6. The number of piperazine rings is 1. The number of carbonyl (C=O) groups excluding carboxylic acids is 2. The van der Waals surface area contributed by atoms with Gasteiger partial charge in [-0.25, -0.2) is 9.97 Å². The minimum absolute atomic E-state index is 0. The number of oxazole rings is 1. The molecule has 0 bridgehead atoms. The molecule has 254 valence electrons. The number of hydrogen-bond acceptors (Lipinski definition) is 10. The summed E-state index contributed by atoms with van der Waals surface area (Å²) in [7, 11) is 0. The molecule has 0 spiro atoms. The van der Waals surface area contributed by atoms with Gasteiger partial charge >= 0.3 is 0 Å². The van der Waals surface area contributed by atoms with Gasteiger partial charge in [0, 0.05) is 70.8 Å². The molecule has 3 aliphatic rings. The Morgan fingerprint density at radius 2 is 1.91 bits per heavy atom. The van der Waals surface area contributed by atoms with Crippen LogP contribution in [-0.2, 0) is 24.4 Å². The van der Waals surface area contributed by atoms with Crippen LogP contribution in [-0.4, -0.2) is 88.0 Å². The van der Waals surface area contributed by atoms with Gasteiger partial charge in [0.2, 0.25) is 5.91 Å². The maximum Gasteiger partial charge on any atom is 0.219 e. The fourth-order valence-electron chi connectivity index (χ4n) is 6.55. The Hall–Kier alpha value is -3.61. The number of β-amino-alcohol motifs (C(OH)–C–C–N with tert-alkyl or cyclic N) is 1. The van der Waals surface area contributed by atoms with Crippen molar-refractivity contribution in [2.24, 2.45) is 0 Å². The predicted octanol–water partition coefficient (Wildman–Crippen LogP) is 4.39. The van der Waals surface area contributed by atoms with E-state index >= 15 is 0 Å². The van der Waals surface area contributed by atoms with Crippen LogP contribution in [0.2, 0.25) is 0 Å². The molecule has 12 heteroatoms. The Bertz CT molecular complexity index is 1550. The number of aliphatic hydroxyl groups excluding tert-OH is 1. The lowest BCUT2D eigenvalue weighted by Gasteiger charge is -2.35. The lowest BCUT2D eigenvalue weighted by Crippen LogP contribution is -2.48. The standard InChI is InChI=1S/C35H46N6O5.H2S/c1-23-30-11-12-39(19-26(30)7-10-32(23)45-21-33-24(2)36-22-46-33)20-29(43)8-9-31(44)27-17-34(37-28-5-4-6-28)38-35(18-27)41-15-13-40(14-16-41)25(3)42;/h7,10,17-18,22,28-29,43H,4-6,8-9,11-16,19-21H2,1-3H3,(H,37,38);1H2/t29-;/m0./s1. The van der Waals surface area contributed by atoms with Crippen LogP contribution in [0.1, 0.15) is 77.5 Å². The van der Waals surface area contributed by atoms with E-state index in [2.05, 4.69) is 33.1 Å². The number of amides is 1. The Morgan fingerprint density at radius 1 is 1.13 bits per heavy atom. The molecule has 4 heterocycles. The van der Waals surface area contributed by atoms with Gasteiger partial charge in [0.1, 0.15) is 24.0 Å². The number of ether oxygens (including phenoxy) is 1. The summed E-state index contributed by atoms with van der Waals surface area (Å²) in [6, 6.07) is 8.25. The molecule has 2 aliphatic heterocycles. The van der Waals surface area contributed by atoms with Crippen LogP contribution in [0.3, 0.4) is 0 Å². The lowest BCUT2D eigenvalue weighted by atomic mass is 9.93. The van der Waals surface area contributed by atoms with Crippen LogP contribution in [0.5, 0.6) is 5.75 Å². The molecule has 2 aromatic heterocycles. The Labute approximate surface area is 284 Å². The van der Waals surface area contributed by atoms with Crippen LogP contribution in [0.15, 0.2) is 35.1 Å². The highest BCUT2D eigenvalue weighted by molar-refractivity contribution is 7.59. The molecule has 1 saturated heterocycles.